The van der Waals surface area contributed by atoms with Crippen molar-refractivity contribution in [3.05, 3.63) is 0 Å². The van der Waals surface area contributed by atoms with Crippen molar-refractivity contribution in [3.8, 4) is 0 Å². The molecular weight excluding hydrogens is 206 g/mol. The quantitative estimate of drug-likeness (QED) is 0.748. The van der Waals surface area contributed by atoms with Gasteiger partial charge in [0, 0.05) is 12.6 Å². The molecule has 1 fully saturated rings. The third-order valence-corrected chi connectivity index (χ3v) is 3.50. The van der Waals surface area contributed by atoms with E-state index in [4.69, 9.17) is 5.11 Å². The van der Waals surface area contributed by atoms with E-state index < -0.39 is 5.97 Å². The van der Waals surface area contributed by atoms with Crippen molar-refractivity contribution in [2.45, 2.75) is 25.7 Å². The van der Waals surface area contributed by atoms with Crippen molar-refractivity contribution in [2.75, 3.05) is 34.7 Å². The van der Waals surface area contributed by atoms with Crippen LogP contribution in [0.3, 0.4) is 0 Å². The molecule has 0 aromatic carbocycles. The molecule has 1 rings (SSSR count). The van der Waals surface area contributed by atoms with E-state index in [0.717, 1.165) is 6.54 Å². The van der Waals surface area contributed by atoms with E-state index >= 15 is 0 Å². The summed E-state index contributed by atoms with van der Waals surface area (Å²) in [6, 6.07) is 0.291. The molecule has 0 aliphatic carbocycles. The number of carboxylic acid groups (broad SMARTS) is 1. The Morgan fingerprint density at radius 2 is 2.00 bits per heavy atom. The van der Waals surface area contributed by atoms with Crippen LogP contribution in [0.5, 0.6) is 0 Å². The summed E-state index contributed by atoms with van der Waals surface area (Å²) in [7, 11) is 8.19. The fraction of sp³-hybridized carbons (Fsp3) is 0.909. The van der Waals surface area contributed by atoms with Gasteiger partial charge in [0.15, 0.2) is 0 Å². The monoisotopic (exact) mass is 229 g/mol. The molecule has 3 atom stereocenters. The van der Waals surface area contributed by atoms with E-state index in [1.54, 1.807) is 0 Å². The third kappa shape index (κ3) is 2.72. The summed E-state index contributed by atoms with van der Waals surface area (Å²) in [6.45, 7) is 2.94. The number of rotatable bonds is 3. The lowest BCUT2D eigenvalue weighted by Crippen LogP contribution is -2.63. The van der Waals surface area contributed by atoms with Crippen LogP contribution in [-0.4, -0.2) is 72.8 Å². The molecule has 94 valence electrons. The number of hydrogen-bond donors (Lipinski definition) is 1. The molecule has 1 saturated heterocycles. The molecule has 3 unspecified atom stereocenters. The van der Waals surface area contributed by atoms with Gasteiger partial charge in [-0.15, -0.1) is 0 Å². The van der Waals surface area contributed by atoms with Crippen molar-refractivity contribution in [1.82, 2.24) is 14.7 Å². The molecule has 0 spiro atoms. The zero-order valence-electron chi connectivity index (χ0n) is 10.8. The van der Waals surface area contributed by atoms with Gasteiger partial charge in [-0.25, -0.2) is 0 Å². The second-order valence-electron chi connectivity index (χ2n) is 5.01. The van der Waals surface area contributed by atoms with Crippen LogP contribution in [0.25, 0.3) is 0 Å². The maximum absolute atomic E-state index is 10.8. The van der Waals surface area contributed by atoms with Crippen LogP contribution >= 0.6 is 0 Å². The molecule has 1 heterocycles. The number of aliphatic carboxylic acids is 1. The first-order valence-corrected chi connectivity index (χ1v) is 5.65. The van der Waals surface area contributed by atoms with E-state index in [0.29, 0.717) is 6.04 Å². The first-order valence-electron chi connectivity index (χ1n) is 5.65. The van der Waals surface area contributed by atoms with Gasteiger partial charge in [-0.1, -0.05) is 0 Å². The number of hydrogen-bond acceptors (Lipinski definition) is 4. The van der Waals surface area contributed by atoms with Crippen LogP contribution in [0, 0.1) is 5.92 Å². The number of nitrogens with zero attached hydrogens (tertiary/aromatic N) is 3. The Hall–Kier alpha value is -0.650. The Balaban J connectivity index is 2.74. The zero-order chi connectivity index (χ0) is 12.5. The van der Waals surface area contributed by atoms with Gasteiger partial charge in [-0.05, 0) is 41.0 Å². The van der Waals surface area contributed by atoms with E-state index in [9.17, 15) is 4.79 Å². The van der Waals surface area contributed by atoms with Crippen LogP contribution in [0.1, 0.15) is 13.3 Å². The smallest absolute Gasteiger partial charge is 0.303 e. The molecule has 5 nitrogen and oxygen atoms in total. The minimum atomic E-state index is -0.707. The Morgan fingerprint density at radius 3 is 2.44 bits per heavy atom. The highest BCUT2D eigenvalue weighted by Crippen LogP contribution is 2.25. The lowest BCUT2D eigenvalue weighted by atomic mass is 9.93. The van der Waals surface area contributed by atoms with Crippen LogP contribution < -0.4 is 0 Å². The van der Waals surface area contributed by atoms with Gasteiger partial charge in [-0.2, -0.15) is 0 Å². The lowest BCUT2D eigenvalue weighted by molar-refractivity contribution is -0.143. The van der Waals surface area contributed by atoms with E-state index in [2.05, 4.69) is 28.7 Å². The van der Waals surface area contributed by atoms with Gasteiger partial charge in [0.1, 0.15) is 6.29 Å². The maximum atomic E-state index is 10.8. The van der Waals surface area contributed by atoms with E-state index in [1.165, 1.54) is 0 Å². The standard InChI is InChI=1S/C11H23N3O2/c1-8-9(6-10(15)16)7-13(4)11(12(2)3)14(8)5/h8-9,11H,6-7H2,1-5H3,(H,15,16). The molecule has 0 aromatic heterocycles. The van der Waals surface area contributed by atoms with Crippen molar-refractivity contribution in [3.63, 3.8) is 0 Å². The van der Waals surface area contributed by atoms with Gasteiger partial charge < -0.3 is 5.11 Å². The number of carbonyl (C=O) groups is 1. The van der Waals surface area contributed by atoms with Crippen LogP contribution in [0.2, 0.25) is 0 Å². The highest BCUT2D eigenvalue weighted by atomic mass is 16.4. The average Bonchev–Trinajstić information content (AvgIpc) is 2.12. The first kappa shape index (κ1) is 13.4. The van der Waals surface area contributed by atoms with Crippen molar-refractivity contribution < 1.29 is 9.90 Å². The molecular formula is C11H23N3O2. The normalized spacial score (nSPS) is 33.2. The SMILES string of the molecule is CC1C(CC(=O)O)CN(C)C(N(C)C)N1C. The molecule has 16 heavy (non-hydrogen) atoms. The molecule has 0 aromatic rings. The Kier molecular flexibility index (Phi) is 4.29. The summed E-state index contributed by atoms with van der Waals surface area (Å²) in [5.41, 5.74) is 0. The van der Waals surface area contributed by atoms with E-state index in [-0.39, 0.29) is 18.6 Å². The van der Waals surface area contributed by atoms with Crippen LogP contribution in [-0.2, 0) is 4.79 Å². The molecule has 0 amide bonds. The molecule has 1 aliphatic rings. The minimum absolute atomic E-state index is 0.198. The van der Waals surface area contributed by atoms with Gasteiger partial charge in [0.25, 0.3) is 0 Å². The summed E-state index contributed by atoms with van der Waals surface area (Å²) in [5.74, 6) is -0.509. The predicted molar refractivity (Wildman–Crippen MR) is 63.1 cm³/mol. The third-order valence-electron chi connectivity index (χ3n) is 3.50. The molecule has 0 saturated carbocycles. The summed E-state index contributed by atoms with van der Waals surface area (Å²) < 4.78 is 0. The maximum Gasteiger partial charge on any atom is 0.303 e. The second kappa shape index (κ2) is 5.12. The Bertz CT molecular complexity index is 258. The highest BCUT2D eigenvalue weighted by molar-refractivity contribution is 5.67. The van der Waals surface area contributed by atoms with Gasteiger partial charge in [0.05, 0.1) is 6.42 Å². The molecule has 1 N–H and O–H groups in total. The van der Waals surface area contributed by atoms with E-state index in [1.807, 2.05) is 21.1 Å². The van der Waals surface area contributed by atoms with Gasteiger partial charge >= 0.3 is 5.97 Å². The second-order valence-corrected chi connectivity index (χ2v) is 5.01. The van der Waals surface area contributed by atoms with Crippen molar-refractivity contribution in [1.29, 1.82) is 0 Å². The Labute approximate surface area is 97.6 Å². The fourth-order valence-corrected chi connectivity index (χ4v) is 2.69. The van der Waals surface area contributed by atoms with Gasteiger partial charge in [0.2, 0.25) is 0 Å². The van der Waals surface area contributed by atoms with Gasteiger partial charge in [-0.3, -0.25) is 19.5 Å². The molecule has 1 aliphatic heterocycles. The van der Waals surface area contributed by atoms with Crippen molar-refractivity contribution >= 4 is 5.97 Å². The first-order chi connectivity index (χ1) is 7.34. The van der Waals surface area contributed by atoms with Crippen LogP contribution in [0.4, 0.5) is 0 Å². The summed E-state index contributed by atoms with van der Waals surface area (Å²) in [6.07, 6.45) is 0.496. The topological polar surface area (TPSA) is 47.0 Å². The summed E-state index contributed by atoms with van der Waals surface area (Å²) in [4.78, 5) is 17.4. The summed E-state index contributed by atoms with van der Waals surface area (Å²) >= 11 is 0. The largest absolute Gasteiger partial charge is 0.481 e. The molecule has 0 bridgehead atoms. The zero-order valence-corrected chi connectivity index (χ0v) is 10.8. The molecule has 0 radical (unpaired) electrons. The highest BCUT2D eigenvalue weighted by Gasteiger charge is 2.37. The molecule has 5 heteroatoms. The summed E-state index contributed by atoms with van der Waals surface area (Å²) in [5, 5.41) is 8.88. The van der Waals surface area contributed by atoms with Crippen LogP contribution in [0.15, 0.2) is 0 Å². The fourth-order valence-electron chi connectivity index (χ4n) is 2.69. The predicted octanol–water partition coefficient (Wildman–Crippen LogP) is 0.188. The number of carboxylic acids is 1. The average molecular weight is 229 g/mol. The van der Waals surface area contributed by atoms with Crippen molar-refractivity contribution in [2.24, 2.45) is 5.92 Å². The Morgan fingerprint density at radius 1 is 1.44 bits per heavy atom. The minimum Gasteiger partial charge on any atom is -0.481 e. The lowest BCUT2D eigenvalue weighted by Gasteiger charge is -2.50.